The quantitative estimate of drug-likeness (QED) is 0.660. The van der Waals surface area contributed by atoms with Crippen LogP contribution in [0.1, 0.15) is 21.6 Å². The zero-order chi connectivity index (χ0) is 21.8. The molecule has 0 unspecified atom stereocenters. The first kappa shape index (κ1) is 21.1. The zero-order valence-electron chi connectivity index (χ0n) is 17.2. The smallest absolute Gasteiger partial charge is 0.259 e. The fraction of sp³-hybridized carbons (Fsp3) is 0.261. The third-order valence-electron chi connectivity index (χ3n) is 5.27. The van der Waals surface area contributed by atoms with Gasteiger partial charge in [0, 0.05) is 30.3 Å². The Kier molecular flexibility index (Phi) is 6.36. The van der Waals surface area contributed by atoms with Crippen LogP contribution in [0.25, 0.3) is 5.69 Å². The highest BCUT2D eigenvalue weighted by Crippen LogP contribution is 2.19. The van der Waals surface area contributed by atoms with Crippen LogP contribution in [-0.4, -0.2) is 51.1 Å². The third-order valence-corrected chi connectivity index (χ3v) is 6.21. The van der Waals surface area contributed by atoms with E-state index in [-0.39, 0.29) is 11.8 Å². The van der Waals surface area contributed by atoms with Gasteiger partial charge in [0.05, 0.1) is 23.9 Å². The Bertz CT molecular complexity index is 1090. The van der Waals surface area contributed by atoms with Crippen molar-refractivity contribution in [3.05, 3.63) is 77.4 Å². The lowest BCUT2D eigenvalue weighted by Crippen LogP contribution is -2.38. The molecule has 4 rings (SSSR count). The third kappa shape index (κ3) is 4.80. The van der Waals surface area contributed by atoms with Gasteiger partial charge in [0.15, 0.2) is 0 Å². The number of amides is 2. The number of aromatic nitrogens is 2. The molecule has 0 atom stereocenters. The lowest BCUT2D eigenvalue weighted by Gasteiger charge is -2.26. The van der Waals surface area contributed by atoms with Crippen LogP contribution in [0, 0.1) is 12.7 Å². The summed E-state index contributed by atoms with van der Waals surface area (Å²) in [6.45, 7) is 3.33. The van der Waals surface area contributed by atoms with Crippen molar-refractivity contribution < 1.29 is 14.0 Å². The lowest BCUT2D eigenvalue weighted by atomic mass is 10.1. The zero-order valence-corrected chi connectivity index (χ0v) is 18.0. The molecule has 0 spiro atoms. The molecular weight excluding hydrogens is 415 g/mol. The SMILES string of the molecule is Cc1c(C(=O)Nc2ccc(CC(=O)N3CCSCC3)cc2)cnn1-c1ccccc1F. The van der Waals surface area contributed by atoms with E-state index in [1.807, 2.05) is 28.8 Å². The molecule has 1 aromatic heterocycles. The first-order valence-electron chi connectivity index (χ1n) is 10.1. The maximum absolute atomic E-state index is 14.1. The van der Waals surface area contributed by atoms with E-state index in [4.69, 9.17) is 0 Å². The molecule has 1 fully saturated rings. The number of nitrogens with one attached hydrogen (secondary N) is 1. The summed E-state index contributed by atoms with van der Waals surface area (Å²) < 4.78 is 15.5. The van der Waals surface area contributed by atoms with E-state index in [9.17, 15) is 14.0 Å². The van der Waals surface area contributed by atoms with E-state index in [1.165, 1.54) is 16.9 Å². The fourth-order valence-corrected chi connectivity index (χ4v) is 4.41. The molecule has 31 heavy (non-hydrogen) atoms. The van der Waals surface area contributed by atoms with Gasteiger partial charge >= 0.3 is 0 Å². The van der Waals surface area contributed by atoms with Crippen LogP contribution >= 0.6 is 11.8 Å². The lowest BCUT2D eigenvalue weighted by molar-refractivity contribution is -0.130. The van der Waals surface area contributed by atoms with Crippen LogP contribution in [0.2, 0.25) is 0 Å². The summed E-state index contributed by atoms with van der Waals surface area (Å²) in [5.41, 5.74) is 2.73. The average Bonchev–Trinajstić information content (AvgIpc) is 3.17. The fourth-order valence-electron chi connectivity index (χ4n) is 3.50. The summed E-state index contributed by atoms with van der Waals surface area (Å²) >= 11 is 1.87. The summed E-state index contributed by atoms with van der Waals surface area (Å²) in [6.07, 6.45) is 1.79. The number of halogens is 1. The van der Waals surface area contributed by atoms with E-state index in [1.54, 1.807) is 37.3 Å². The van der Waals surface area contributed by atoms with Gasteiger partial charge in [-0.2, -0.15) is 16.9 Å². The maximum Gasteiger partial charge on any atom is 0.259 e. The number of rotatable bonds is 5. The van der Waals surface area contributed by atoms with E-state index in [2.05, 4.69) is 10.4 Å². The van der Waals surface area contributed by atoms with Gasteiger partial charge in [0.1, 0.15) is 11.5 Å². The number of carbonyl (C=O) groups is 2. The Hall–Kier alpha value is -3.13. The second-order valence-electron chi connectivity index (χ2n) is 7.33. The molecular formula is C23H23FN4O2S. The maximum atomic E-state index is 14.1. The van der Waals surface area contributed by atoms with Crippen LogP contribution < -0.4 is 5.32 Å². The Balaban J connectivity index is 1.41. The monoisotopic (exact) mass is 438 g/mol. The number of thioether (sulfide) groups is 1. The van der Waals surface area contributed by atoms with E-state index in [0.29, 0.717) is 29.1 Å². The highest BCUT2D eigenvalue weighted by molar-refractivity contribution is 7.99. The molecule has 1 aliphatic rings. The number of nitrogens with zero attached hydrogens (tertiary/aromatic N) is 3. The number of benzene rings is 2. The number of hydrogen-bond acceptors (Lipinski definition) is 4. The Morgan fingerprint density at radius 3 is 2.52 bits per heavy atom. The molecule has 0 bridgehead atoms. The molecule has 1 saturated heterocycles. The summed E-state index contributed by atoms with van der Waals surface area (Å²) in [5.74, 6) is 1.38. The molecule has 0 aliphatic carbocycles. The highest BCUT2D eigenvalue weighted by atomic mass is 32.2. The number of carbonyl (C=O) groups excluding carboxylic acids is 2. The van der Waals surface area contributed by atoms with Crippen molar-refractivity contribution in [2.24, 2.45) is 0 Å². The van der Waals surface area contributed by atoms with Crippen molar-refractivity contribution in [1.29, 1.82) is 0 Å². The Morgan fingerprint density at radius 2 is 1.81 bits per heavy atom. The summed E-state index contributed by atoms with van der Waals surface area (Å²) in [7, 11) is 0. The minimum Gasteiger partial charge on any atom is -0.341 e. The second-order valence-corrected chi connectivity index (χ2v) is 8.55. The average molecular weight is 439 g/mol. The summed E-state index contributed by atoms with van der Waals surface area (Å²) in [5, 5.41) is 7.01. The normalized spacial score (nSPS) is 13.8. The van der Waals surface area contributed by atoms with Crippen molar-refractivity contribution >= 4 is 29.3 Å². The van der Waals surface area contributed by atoms with Gasteiger partial charge in [-0.15, -0.1) is 0 Å². The van der Waals surface area contributed by atoms with Crippen molar-refractivity contribution in [2.75, 3.05) is 29.9 Å². The van der Waals surface area contributed by atoms with Gasteiger partial charge in [-0.25, -0.2) is 9.07 Å². The highest BCUT2D eigenvalue weighted by Gasteiger charge is 2.18. The molecule has 2 aromatic carbocycles. The van der Waals surface area contributed by atoms with Crippen LogP contribution in [-0.2, 0) is 11.2 Å². The number of anilines is 1. The molecule has 160 valence electrons. The summed E-state index contributed by atoms with van der Waals surface area (Å²) in [4.78, 5) is 27.0. The molecule has 3 aromatic rings. The minimum atomic E-state index is -0.408. The largest absolute Gasteiger partial charge is 0.341 e. The predicted octanol–water partition coefficient (Wildman–Crippen LogP) is 3.69. The van der Waals surface area contributed by atoms with Crippen molar-refractivity contribution in [2.45, 2.75) is 13.3 Å². The van der Waals surface area contributed by atoms with Gasteiger partial charge < -0.3 is 10.2 Å². The molecule has 2 amide bonds. The molecule has 8 heteroatoms. The van der Waals surface area contributed by atoms with Gasteiger partial charge in [0.2, 0.25) is 5.91 Å². The topological polar surface area (TPSA) is 67.2 Å². The molecule has 1 aliphatic heterocycles. The first-order chi connectivity index (χ1) is 15.0. The van der Waals surface area contributed by atoms with Gasteiger partial charge in [-0.05, 0) is 36.8 Å². The van der Waals surface area contributed by atoms with Crippen molar-refractivity contribution in [3.63, 3.8) is 0 Å². The van der Waals surface area contributed by atoms with Crippen LogP contribution in [0.3, 0.4) is 0 Å². The van der Waals surface area contributed by atoms with E-state index < -0.39 is 5.82 Å². The minimum absolute atomic E-state index is 0.133. The van der Waals surface area contributed by atoms with Gasteiger partial charge in [-0.1, -0.05) is 24.3 Å². The molecule has 0 radical (unpaired) electrons. The van der Waals surface area contributed by atoms with Crippen LogP contribution in [0.5, 0.6) is 0 Å². The van der Waals surface area contributed by atoms with Gasteiger partial charge in [0.25, 0.3) is 5.91 Å². The van der Waals surface area contributed by atoms with Crippen LogP contribution in [0.15, 0.2) is 54.7 Å². The number of para-hydroxylation sites is 1. The predicted molar refractivity (Wildman–Crippen MR) is 120 cm³/mol. The summed E-state index contributed by atoms with van der Waals surface area (Å²) in [6, 6.07) is 13.5. The standard InChI is InChI=1S/C23H23FN4O2S/c1-16-19(15-25-28(16)21-5-3-2-4-20(21)24)23(30)26-18-8-6-17(7-9-18)14-22(29)27-10-12-31-13-11-27/h2-9,15H,10-14H2,1H3,(H,26,30). The molecule has 6 nitrogen and oxygen atoms in total. The van der Waals surface area contributed by atoms with Gasteiger partial charge in [-0.3, -0.25) is 9.59 Å². The molecule has 0 saturated carbocycles. The van der Waals surface area contributed by atoms with Crippen LogP contribution in [0.4, 0.5) is 10.1 Å². The van der Waals surface area contributed by atoms with Crippen molar-refractivity contribution in [3.8, 4) is 5.69 Å². The first-order valence-corrected chi connectivity index (χ1v) is 11.2. The molecule has 1 N–H and O–H groups in total. The second kappa shape index (κ2) is 9.34. The Morgan fingerprint density at radius 1 is 1.10 bits per heavy atom. The Labute approximate surface area is 184 Å². The van der Waals surface area contributed by atoms with Crippen molar-refractivity contribution in [1.82, 2.24) is 14.7 Å². The molecule has 2 heterocycles. The van der Waals surface area contributed by atoms with E-state index in [0.717, 1.165) is 30.2 Å². The number of hydrogen-bond donors (Lipinski definition) is 1. The van der Waals surface area contributed by atoms with E-state index >= 15 is 0 Å².